The Kier molecular flexibility index (Phi) is 5.15. The van der Waals surface area contributed by atoms with Gasteiger partial charge in [0.2, 0.25) is 15.9 Å². The molecule has 1 amide bonds. The van der Waals surface area contributed by atoms with Crippen molar-refractivity contribution >= 4 is 27.5 Å². The van der Waals surface area contributed by atoms with Crippen LogP contribution in [-0.2, 0) is 14.8 Å². The standard InChI is InChI=1S/C16H22ClN3O3S/c1-12(16(21)18-14-4-5-14)19-8-10-20(11-9-19)24(22,23)15-6-2-13(17)3-7-15/h2-3,6-7,12,14H,4-5,8-11H2,1H3,(H,18,21)/t12-/m0/s1. The summed E-state index contributed by atoms with van der Waals surface area (Å²) in [5.41, 5.74) is 0. The Bertz CT molecular complexity index is 696. The number of nitrogens with one attached hydrogen (secondary N) is 1. The lowest BCUT2D eigenvalue weighted by atomic mass is 10.2. The minimum absolute atomic E-state index is 0.0338. The zero-order chi connectivity index (χ0) is 17.3. The lowest BCUT2D eigenvalue weighted by Gasteiger charge is -2.36. The van der Waals surface area contributed by atoms with E-state index in [1.54, 1.807) is 12.1 Å². The largest absolute Gasteiger partial charge is 0.352 e. The molecule has 6 nitrogen and oxygen atoms in total. The van der Waals surface area contributed by atoms with E-state index in [-0.39, 0.29) is 16.8 Å². The first-order valence-electron chi connectivity index (χ1n) is 8.18. The molecule has 8 heteroatoms. The third-order valence-corrected chi connectivity index (χ3v) is 6.74. The van der Waals surface area contributed by atoms with Crippen LogP contribution in [0.15, 0.2) is 29.2 Å². The van der Waals surface area contributed by atoms with Crippen LogP contribution in [0.2, 0.25) is 5.02 Å². The van der Waals surface area contributed by atoms with Gasteiger partial charge in [-0.25, -0.2) is 8.42 Å². The molecule has 0 spiro atoms. The highest BCUT2D eigenvalue weighted by Crippen LogP contribution is 2.21. The summed E-state index contributed by atoms with van der Waals surface area (Å²) < 4.78 is 26.8. The zero-order valence-electron chi connectivity index (χ0n) is 13.6. The summed E-state index contributed by atoms with van der Waals surface area (Å²) in [4.78, 5) is 14.4. The molecular weight excluding hydrogens is 350 g/mol. The highest BCUT2D eigenvalue weighted by molar-refractivity contribution is 7.89. The lowest BCUT2D eigenvalue weighted by Crippen LogP contribution is -2.55. The summed E-state index contributed by atoms with van der Waals surface area (Å²) in [6, 6.07) is 6.31. The van der Waals surface area contributed by atoms with Gasteiger partial charge in [-0.15, -0.1) is 0 Å². The van der Waals surface area contributed by atoms with Gasteiger partial charge in [0.15, 0.2) is 0 Å². The van der Waals surface area contributed by atoms with Gasteiger partial charge in [-0.05, 0) is 44.0 Å². The number of benzene rings is 1. The number of hydrogen-bond acceptors (Lipinski definition) is 4. The minimum atomic E-state index is -3.51. The van der Waals surface area contributed by atoms with Gasteiger partial charge in [0.1, 0.15) is 0 Å². The van der Waals surface area contributed by atoms with E-state index in [0.717, 1.165) is 12.8 Å². The Morgan fingerprint density at radius 1 is 1.17 bits per heavy atom. The minimum Gasteiger partial charge on any atom is -0.352 e. The summed E-state index contributed by atoms with van der Waals surface area (Å²) in [5, 5.41) is 3.51. The number of sulfonamides is 1. The zero-order valence-corrected chi connectivity index (χ0v) is 15.2. The Morgan fingerprint density at radius 3 is 2.29 bits per heavy atom. The van der Waals surface area contributed by atoms with Gasteiger partial charge in [0, 0.05) is 37.2 Å². The number of hydrogen-bond donors (Lipinski definition) is 1. The van der Waals surface area contributed by atoms with Gasteiger partial charge in [-0.1, -0.05) is 11.6 Å². The van der Waals surface area contributed by atoms with Crippen molar-refractivity contribution in [3.05, 3.63) is 29.3 Å². The predicted octanol–water partition coefficient (Wildman–Crippen LogP) is 1.31. The molecule has 2 fully saturated rings. The van der Waals surface area contributed by atoms with Crippen LogP contribution in [0.5, 0.6) is 0 Å². The molecule has 1 aliphatic heterocycles. The van der Waals surface area contributed by atoms with E-state index in [2.05, 4.69) is 5.32 Å². The molecular formula is C16H22ClN3O3S. The van der Waals surface area contributed by atoms with Crippen molar-refractivity contribution in [3.63, 3.8) is 0 Å². The van der Waals surface area contributed by atoms with Crippen LogP contribution in [-0.4, -0.2) is 61.8 Å². The molecule has 3 rings (SSSR count). The molecule has 0 bridgehead atoms. The van der Waals surface area contributed by atoms with E-state index in [1.165, 1.54) is 16.4 Å². The molecule has 1 heterocycles. The van der Waals surface area contributed by atoms with Crippen molar-refractivity contribution in [1.29, 1.82) is 0 Å². The quantitative estimate of drug-likeness (QED) is 0.847. The number of rotatable bonds is 5. The number of carbonyl (C=O) groups excluding carboxylic acids is 1. The fourth-order valence-electron chi connectivity index (χ4n) is 2.80. The maximum absolute atomic E-state index is 12.6. The molecule has 1 saturated heterocycles. The van der Waals surface area contributed by atoms with Crippen molar-refractivity contribution in [3.8, 4) is 0 Å². The van der Waals surface area contributed by atoms with Gasteiger partial charge < -0.3 is 5.32 Å². The maximum atomic E-state index is 12.6. The van der Waals surface area contributed by atoms with Crippen molar-refractivity contribution in [2.45, 2.75) is 36.7 Å². The SMILES string of the molecule is C[C@@H](C(=O)NC1CC1)N1CCN(S(=O)(=O)c2ccc(Cl)cc2)CC1. The Morgan fingerprint density at radius 2 is 1.75 bits per heavy atom. The molecule has 1 atom stereocenters. The number of piperazine rings is 1. The van der Waals surface area contributed by atoms with Gasteiger partial charge in [-0.2, -0.15) is 4.31 Å². The Hall–Kier alpha value is -1.15. The fourth-order valence-corrected chi connectivity index (χ4v) is 4.35. The fraction of sp³-hybridized carbons (Fsp3) is 0.562. The predicted molar refractivity (Wildman–Crippen MR) is 92.4 cm³/mol. The summed E-state index contributed by atoms with van der Waals surface area (Å²) in [5.74, 6) is 0.0338. The van der Waals surface area contributed by atoms with Crippen LogP contribution in [0.4, 0.5) is 0 Å². The number of nitrogens with zero attached hydrogens (tertiary/aromatic N) is 2. The van der Waals surface area contributed by atoms with Crippen LogP contribution < -0.4 is 5.32 Å². The molecule has 1 aromatic rings. The molecule has 1 aromatic carbocycles. The van der Waals surface area contributed by atoms with E-state index in [9.17, 15) is 13.2 Å². The van der Waals surface area contributed by atoms with Gasteiger partial charge in [0.05, 0.1) is 10.9 Å². The van der Waals surface area contributed by atoms with Crippen molar-refractivity contribution in [2.75, 3.05) is 26.2 Å². The first-order valence-corrected chi connectivity index (χ1v) is 10.00. The van der Waals surface area contributed by atoms with Crippen molar-refractivity contribution < 1.29 is 13.2 Å². The summed E-state index contributed by atoms with van der Waals surface area (Å²) in [6.07, 6.45) is 2.12. The average molecular weight is 372 g/mol. The van der Waals surface area contributed by atoms with Gasteiger partial charge in [0.25, 0.3) is 0 Å². The molecule has 0 radical (unpaired) electrons. The van der Waals surface area contributed by atoms with Gasteiger partial charge >= 0.3 is 0 Å². The molecule has 24 heavy (non-hydrogen) atoms. The summed E-state index contributed by atoms with van der Waals surface area (Å²) in [7, 11) is -3.51. The first-order chi connectivity index (χ1) is 11.4. The normalized spacial score (nSPS) is 21.4. The molecule has 0 aromatic heterocycles. The number of amides is 1. The van der Waals surface area contributed by atoms with Crippen LogP contribution in [0.25, 0.3) is 0 Å². The van der Waals surface area contributed by atoms with E-state index in [1.807, 2.05) is 11.8 Å². The van der Waals surface area contributed by atoms with Crippen LogP contribution in [0, 0.1) is 0 Å². The molecule has 132 valence electrons. The third kappa shape index (κ3) is 3.91. The van der Waals surface area contributed by atoms with E-state index in [4.69, 9.17) is 11.6 Å². The molecule has 1 saturated carbocycles. The Balaban J connectivity index is 1.59. The maximum Gasteiger partial charge on any atom is 0.243 e. The summed E-state index contributed by atoms with van der Waals surface area (Å²) >= 11 is 5.82. The van der Waals surface area contributed by atoms with E-state index < -0.39 is 10.0 Å². The smallest absolute Gasteiger partial charge is 0.243 e. The topological polar surface area (TPSA) is 69.7 Å². The highest BCUT2D eigenvalue weighted by Gasteiger charge is 2.33. The summed E-state index contributed by atoms with van der Waals surface area (Å²) in [6.45, 7) is 3.73. The van der Waals surface area contributed by atoms with Crippen LogP contribution in [0.3, 0.4) is 0 Å². The first kappa shape index (κ1) is 17.7. The highest BCUT2D eigenvalue weighted by atomic mass is 35.5. The monoisotopic (exact) mass is 371 g/mol. The molecule has 0 unspecified atom stereocenters. The second kappa shape index (κ2) is 7.00. The molecule has 1 N–H and O–H groups in total. The van der Waals surface area contributed by atoms with Gasteiger partial charge in [-0.3, -0.25) is 9.69 Å². The third-order valence-electron chi connectivity index (χ3n) is 4.58. The van der Waals surface area contributed by atoms with E-state index in [0.29, 0.717) is 37.2 Å². The molecule has 2 aliphatic rings. The Labute approximate surface area is 147 Å². The van der Waals surface area contributed by atoms with Crippen LogP contribution in [0.1, 0.15) is 19.8 Å². The van der Waals surface area contributed by atoms with E-state index >= 15 is 0 Å². The van der Waals surface area contributed by atoms with Crippen molar-refractivity contribution in [1.82, 2.24) is 14.5 Å². The number of halogens is 1. The van der Waals surface area contributed by atoms with Crippen molar-refractivity contribution in [2.24, 2.45) is 0 Å². The molecule has 1 aliphatic carbocycles. The number of carbonyl (C=O) groups is 1. The second-order valence-corrected chi connectivity index (χ2v) is 8.73. The average Bonchev–Trinajstić information content (AvgIpc) is 3.38. The lowest BCUT2D eigenvalue weighted by molar-refractivity contribution is -0.126. The van der Waals surface area contributed by atoms with Crippen LogP contribution >= 0.6 is 11.6 Å². The second-order valence-electron chi connectivity index (χ2n) is 6.35.